The molecule has 1 aromatic carbocycles. The highest BCUT2D eigenvalue weighted by Crippen LogP contribution is 2.44. The quantitative estimate of drug-likeness (QED) is 0.576. The molecular formula is C22H23N5O4. The smallest absolute Gasteiger partial charge is 0.269 e. The normalized spacial score (nSPS) is 20.7. The van der Waals surface area contributed by atoms with Gasteiger partial charge in [-0.2, -0.15) is 4.98 Å². The van der Waals surface area contributed by atoms with Gasteiger partial charge >= 0.3 is 0 Å². The summed E-state index contributed by atoms with van der Waals surface area (Å²) in [6.07, 6.45) is 5.07. The van der Waals surface area contributed by atoms with E-state index in [0.29, 0.717) is 41.3 Å². The summed E-state index contributed by atoms with van der Waals surface area (Å²) in [6, 6.07) is 6.18. The third-order valence-electron chi connectivity index (χ3n) is 6.32. The van der Waals surface area contributed by atoms with Crippen molar-refractivity contribution in [2.24, 2.45) is 0 Å². The maximum atomic E-state index is 13.3. The van der Waals surface area contributed by atoms with Crippen LogP contribution in [0.5, 0.6) is 0 Å². The lowest BCUT2D eigenvalue weighted by atomic mass is 9.76. The summed E-state index contributed by atoms with van der Waals surface area (Å²) in [6.45, 7) is 1.67. The van der Waals surface area contributed by atoms with Gasteiger partial charge in [0.2, 0.25) is 5.95 Å². The fraction of sp³-hybridized carbons (Fsp3) is 0.409. The Morgan fingerprint density at radius 1 is 1.10 bits per heavy atom. The van der Waals surface area contributed by atoms with Gasteiger partial charge in [0.25, 0.3) is 11.2 Å². The number of hydrogen-bond donors (Lipinski definition) is 2. The SMILES string of the molecule is O=C1CCCC2=C1C(c1cccc([N+](=O)[O-])c1)c1c(nc(N3CCCCC3)[nH]c1=O)N2. The average molecular weight is 421 g/mol. The summed E-state index contributed by atoms with van der Waals surface area (Å²) in [5, 5.41) is 14.6. The van der Waals surface area contributed by atoms with Gasteiger partial charge in [-0.1, -0.05) is 12.1 Å². The second kappa shape index (κ2) is 7.64. The molecule has 0 spiro atoms. The van der Waals surface area contributed by atoms with Gasteiger partial charge in [0.1, 0.15) is 5.82 Å². The number of carbonyl (C=O) groups is 1. The number of nitro groups is 1. The Bertz CT molecular complexity index is 1160. The van der Waals surface area contributed by atoms with Gasteiger partial charge in [-0.3, -0.25) is 24.7 Å². The van der Waals surface area contributed by atoms with Crippen LogP contribution in [0.2, 0.25) is 0 Å². The first-order valence-corrected chi connectivity index (χ1v) is 10.7. The molecule has 0 amide bonds. The van der Waals surface area contributed by atoms with Crippen molar-refractivity contribution in [3.8, 4) is 0 Å². The first-order valence-electron chi connectivity index (χ1n) is 10.7. The minimum absolute atomic E-state index is 0.0320. The lowest BCUT2D eigenvalue weighted by molar-refractivity contribution is -0.384. The second-order valence-corrected chi connectivity index (χ2v) is 8.28. The standard InChI is InChI=1S/C22H23N5O4/c28-16-9-5-8-15-18(16)17(13-6-4-7-14(12-13)27(30)31)19-20(23-15)24-22(25-21(19)29)26-10-2-1-3-11-26/h4,6-7,12,17H,1-3,5,8-11H2,(H2,23,24,25,29). The van der Waals surface area contributed by atoms with Crippen molar-refractivity contribution in [2.75, 3.05) is 23.3 Å². The highest BCUT2D eigenvalue weighted by atomic mass is 16.6. The van der Waals surface area contributed by atoms with E-state index in [4.69, 9.17) is 4.98 Å². The molecule has 1 atom stereocenters. The Balaban J connectivity index is 1.68. The highest BCUT2D eigenvalue weighted by molar-refractivity contribution is 6.01. The van der Waals surface area contributed by atoms with Crippen molar-refractivity contribution < 1.29 is 9.72 Å². The first kappa shape index (κ1) is 19.5. The van der Waals surface area contributed by atoms with E-state index >= 15 is 0 Å². The zero-order chi connectivity index (χ0) is 21.5. The molecule has 2 aliphatic heterocycles. The number of allylic oxidation sites excluding steroid dienone is 2. The monoisotopic (exact) mass is 421 g/mol. The Kier molecular flexibility index (Phi) is 4.80. The summed E-state index contributed by atoms with van der Waals surface area (Å²) < 4.78 is 0. The zero-order valence-corrected chi connectivity index (χ0v) is 17.0. The van der Waals surface area contributed by atoms with Crippen LogP contribution in [-0.4, -0.2) is 33.8 Å². The molecule has 1 aromatic heterocycles. The van der Waals surface area contributed by atoms with Crippen molar-refractivity contribution in [1.29, 1.82) is 0 Å². The lowest BCUT2D eigenvalue weighted by Gasteiger charge is -2.34. The summed E-state index contributed by atoms with van der Waals surface area (Å²) in [5.41, 5.74) is 1.80. The number of anilines is 2. The molecule has 1 saturated heterocycles. The van der Waals surface area contributed by atoms with Gasteiger partial charge in [0.05, 0.1) is 10.5 Å². The Hall–Kier alpha value is -3.49. The van der Waals surface area contributed by atoms with Crippen LogP contribution in [0, 0.1) is 10.1 Å². The highest BCUT2D eigenvalue weighted by Gasteiger charge is 2.38. The number of piperidine rings is 1. The van der Waals surface area contributed by atoms with Crippen LogP contribution in [0.1, 0.15) is 55.6 Å². The van der Waals surface area contributed by atoms with Crippen molar-refractivity contribution in [2.45, 2.75) is 44.4 Å². The lowest BCUT2D eigenvalue weighted by Crippen LogP contribution is -2.36. The minimum Gasteiger partial charge on any atom is -0.343 e. The van der Waals surface area contributed by atoms with E-state index in [0.717, 1.165) is 44.5 Å². The van der Waals surface area contributed by atoms with Crippen LogP contribution in [-0.2, 0) is 4.79 Å². The predicted octanol–water partition coefficient (Wildman–Crippen LogP) is 3.23. The van der Waals surface area contributed by atoms with Crippen molar-refractivity contribution >= 4 is 23.2 Å². The number of Topliss-reactive ketones (excluding diaryl/α,β-unsaturated/α-hetero) is 1. The van der Waals surface area contributed by atoms with E-state index in [-0.39, 0.29) is 17.0 Å². The van der Waals surface area contributed by atoms with Crippen LogP contribution in [0.25, 0.3) is 0 Å². The molecule has 1 fully saturated rings. The summed E-state index contributed by atoms with van der Waals surface area (Å²) in [5.74, 6) is 0.259. The van der Waals surface area contributed by atoms with Gasteiger partial charge < -0.3 is 10.2 Å². The van der Waals surface area contributed by atoms with Gasteiger partial charge in [-0.15, -0.1) is 0 Å². The molecule has 0 radical (unpaired) electrons. The number of nitrogens with zero attached hydrogens (tertiary/aromatic N) is 3. The molecule has 2 aromatic rings. The summed E-state index contributed by atoms with van der Waals surface area (Å²) >= 11 is 0. The zero-order valence-electron chi connectivity index (χ0n) is 17.0. The summed E-state index contributed by atoms with van der Waals surface area (Å²) in [7, 11) is 0. The number of H-pyrrole nitrogens is 1. The number of carbonyl (C=O) groups excluding carboxylic acids is 1. The molecular weight excluding hydrogens is 398 g/mol. The predicted molar refractivity (Wildman–Crippen MR) is 115 cm³/mol. The van der Waals surface area contributed by atoms with Crippen LogP contribution < -0.4 is 15.8 Å². The topological polar surface area (TPSA) is 121 Å². The van der Waals surface area contributed by atoms with E-state index in [1.165, 1.54) is 12.1 Å². The molecule has 3 heterocycles. The number of ketones is 1. The number of nitro benzene ring substituents is 1. The van der Waals surface area contributed by atoms with E-state index in [2.05, 4.69) is 15.2 Å². The van der Waals surface area contributed by atoms with Gasteiger partial charge in [-0.05, 0) is 37.7 Å². The van der Waals surface area contributed by atoms with E-state index < -0.39 is 10.8 Å². The van der Waals surface area contributed by atoms with Crippen LogP contribution in [0.15, 0.2) is 40.3 Å². The van der Waals surface area contributed by atoms with Crippen molar-refractivity contribution in [1.82, 2.24) is 9.97 Å². The number of non-ortho nitro benzene ring substituents is 1. The van der Waals surface area contributed by atoms with Crippen LogP contribution in [0.4, 0.5) is 17.5 Å². The van der Waals surface area contributed by atoms with Crippen LogP contribution >= 0.6 is 0 Å². The molecule has 2 N–H and O–H groups in total. The molecule has 3 aliphatic rings. The van der Waals surface area contributed by atoms with E-state index in [9.17, 15) is 19.7 Å². The first-order chi connectivity index (χ1) is 15.0. The molecule has 0 saturated carbocycles. The van der Waals surface area contributed by atoms with Crippen molar-refractivity contribution in [3.05, 3.63) is 67.1 Å². The third-order valence-corrected chi connectivity index (χ3v) is 6.32. The van der Waals surface area contributed by atoms with E-state index in [1.807, 2.05) is 0 Å². The fourth-order valence-electron chi connectivity index (χ4n) is 4.86. The Labute approximate surface area is 178 Å². The molecule has 9 nitrogen and oxygen atoms in total. The van der Waals surface area contributed by atoms with Gasteiger partial charge in [0, 0.05) is 48.8 Å². The molecule has 1 unspecified atom stereocenters. The largest absolute Gasteiger partial charge is 0.343 e. The molecule has 1 aliphatic carbocycles. The van der Waals surface area contributed by atoms with E-state index in [1.54, 1.807) is 12.1 Å². The van der Waals surface area contributed by atoms with Crippen LogP contribution in [0.3, 0.4) is 0 Å². The summed E-state index contributed by atoms with van der Waals surface area (Å²) in [4.78, 5) is 46.8. The molecule has 0 bridgehead atoms. The maximum absolute atomic E-state index is 13.3. The number of nitrogens with one attached hydrogen (secondary N) is 2. The Morgan fingerprint density at radius 2 is 1.90 bits per heavy atom. The van der Waals surface area contributed by atoms with Crippen molar-refractivity contribution in [3.63, 3.8) is 0 Å². The molecule has 9 heteroatoms. The Morgan fingerprint density at radius 3 is 2.68 bits per heavy atom. The number of benzene rings is 1. The molecule has 160 valence electrons. The third kappa shape index (κ3) is 3.39. The average Bonchev–Trinajstić information content (AvgIpc) is 2.78. The fourth-order valence-corrected chi connectivity index (χ4v) is 4.86. The number of rotatable bonds is 3. The van der Waals surface area contributed by atoms with Gasteiger partial charge in [0.15, 0.2) is 5.78 Å². The maximum Gasteiger partial charge on any atom is 0.269 e. The van der Waals surface area contributed by atoms with Gasteiger partial charge in [-0.25, -0.2) is 0 Å². The molecule has 31 heavy (non-hydrogen) atoms. The number of hydrogen-bond acceptors (Lipinski definition) is 7. The number of aromatic nitrogens is 2. The number of fused-ring (bicyclic) bond motifs is 1. The number of aromatic amines is 1. The second-order valence-electron chi connectivity index (χ2n) is 8.28. The molecule has 5 rings (SSSR count). The minimum atomic E-state index is -0.675.